The Morgan fingerprint density at radius 1 is 1.38 bits per heavy atom. The maximum Gasteiger partial charge on any atom is 0.163 e. The quantitative estimate of drug-likeness (QED) is 0.733. The second kappa shape index (κ2) is 2.45. The van der Waals surface area contributed by atoms with Crippen molar-refractivity contribution in [3.8, 4) is 0 Å². The summed E-state index contributed by atoms with van der Waals surface area (Å²) in [7, 11) is 0. The lowest BCUT2D eigenvalue weighted by Gasteiger charge is -1.80. The Kier molecular flexibility index (Phi) is 2.05. The van der Waals surface area contributed by atoms with Crippen LogP contribution in [0.15, 0.2) is 9.21 Å². The summed E-state index contributed by atoms with van der Waals surface area (Å²) in [4.78, 5) is 0. The van der Waals surface area contributed by atoms with Gasteiger partial charge in [-0.1, -0.05) is 5.21 Å². The molecule has 8 heavy (non-hydrogen) atoms. The molecule has 1 rings (SSSR count). The Hall–Kier alpha value is 0.580. The fraction of sp³-hybridized carbons (Fsp3) is 0. The van der Waals surface area contributed by atoms with Crippen molar-refractivity contribution in [2.24, 2.45) is 0 Å². The van der Waals surface area contributed by atoms with Gasteiger partial charge in [-0.3, -0.25) is 0 Å². The molecule has 44 valence electrons. The Balaban J connectivity index is 3.19. The Bertz CT molecular complexity index is 175. The fourth-order valence-electron chi connectivity index (χ4n) is 0.235. The molecule has 0 aliphatic rings. The van der Waals surface area contributed by atoms with E-state index in [1.54, 1.807) is 0 Å². The zero-order valence-electron chi connectivity index (χ0n) is 3.48. The minimum atomic E-state index is 0.689. The molecule has 0 atom stereocenters. The number of halogens is 3. The van der Waals surface area contributed by atoms with E-state index in [-0.39, 0.29) is 0 Å². The van der Waals surface area contributed by atoms with Crippen molar-refractivity contribution in [3.05, 3.63) is 9.21 Å². The van der Waals surface area contributed by atoms with Crippen molar-refractivity contribution in [1.29, 1.82) is 0 Å². The summed E-state index contributed by atoms with van der Waals surface area (Å²) in [6, 6.07) is 0. The Labute approximate surface area is 71.0 Å². The molecular weight excluding hydrogens is 306 g/mol. The maximum absolute atomic E-state index is 3.65. The predicted octanol–water partition coefficient (Wildman–Crippen LogP) is 1.96. The van der Waals surface area contributed by atoms with E-state index < -0.39 is 0 Å². The number of rotatable bonds is 0. The molecule has 0 saturated carbocycles. The molecule has 0 fully saturated rings. The van der Waals surface area contributed by atoms with Gasteiger partial charge in [0, 0.05) is 0 Å². The summed E-state index contributed by atoms with van der Waals surface area (Å²) in [5.41, 5.74) is 0. The van der Waals surface area contributed by atoms with Gasteiger partial charge < -0.3 is 0 Å². The van der Waals surface area contributed by atoms with Crippen LogP contribution in [0.1, 0.15) is 0 Å². The summed E-state index contributed by atoms with van der Waals surface area (Å²) < 4.78 is 2.91. The fourth-order valence-corrected chi connectivity index (χ4v) is 1.10. The topological polar surface area (TPSA) is 30.7 Å². The molecule has 1 aromatic rings. The maximum atomic E-state index is 3.65. The smallest absolute Gasteiger partial charge is 0.163 e. The molecule has 6 heteroatoms. The minimum Gasteiger partial charge on any atom is -0.169 e. The van der Waals surface area contributed by atoms with Gasteiger partial charge in [0.15, 0.2) is 9.21 Å². The average molecular weight is 306 g/mol. The van der Waals surface area contributed by atoms with Gasteiger partial charge in [-0.25, -0.2) is 0 Å². The van der Waals surface area contributed by atoms with Crippen LogP contribution in [0, 0.1) is 0 Å². The van der Waals surface area contributed by atoms with E-state index in [0.717, 1.165) is 4.60 Å². The van der Waals surface area contributed by atoms with Gasteiger partial charge in [-0.2, -0.15) is 3.71 Å². The molecule has 1 heterocycles. The molecule has 0 aliphatic carbocycles. The van der Waals surface area contributed by atoms with E-state index in [4.69, 9.17) is 0 Å². The molecule has 0 bridgehead atoms. The highest BCUT2D eigenvalue weighted by Crippen LogP contribution is 2.20. The lowest BCUT2D eigenvalue weighted by atomic mass is 11.0. The van der Waals surface area contributed by atoms with Crippen LogP contribution in [0.25, 0.3) is 0 Å². The zero-order chi connectivity index (χ0) is 6.15. The van der Waals surface area contributed by atoms with E-state index in [0.29, 0.717) is 4.60 Å². The third kappa shape index (κ3) is 1.11. The molecule has 0 unspecified atom stereocenters. The second-order valence-corrected chi connectivity index (χ2v) is 3.21. The number of nitrogens with zero attached hydrogens (tertiary/aromatic N) is 3. The Morgan fingerprint density at radius 2 is 2.00 bits per heavy atom. The normalized spacial score (nSPS) is 9.88. The van der Waals surface area contributed by atoms with Crippen LogP contribution < -0.4 is 0 Å². The third-order valence-electron chi connectivity index (χ3n) is 0.543. The van der Waals surface area contributed by atoms with Crippen LogP contribution in [-0.2, 0) is 0 Å². The lowest BCUT2D eigenvalue weighted by Crippen LogP contribution is -1.79. The first-order valence-corrected chi connectivity index (χ1v) is 3.94. The van der Waals surface area contributed by atoms with Gasteiger partial charge in [0.05, 0.1) is 16.1 Å². The minimum absolute atomic E-state index is 0.689. The molecule has 0 radical (unpaired) electrons. The van der Waals surface area contributed by atoms with Gasteiger partial charge in [0.2, 0.25) is 0 Å². The van der Waals surface area contributed by atoms with Gasteiger partial charge >= 0.3 is 0 Å². The van der Waals surface area contributed by atoms with Crippen LogP contribution in [0.5, 0.6) is 0 Å². The van der Waals surface area contributed by atoms with Gasteiger partial charge in [0.1, 0.15) is 0 Å². The highest BCUT2D eigenvalue weighted by Gasteiger charge is 2.02. The van der Waals surface area contributed by atoms with Crippen molar-refractivity contribution in [2.45, 2.75) is 0 Å². The molecular formula is C2Br3N3. The first kappa shape index (κ1) is 6.70. The van der Waals surface area contributed by atoms with Crippen molar-refractivity contribution in [2.75, 3.05) is 0 Å². The van der Waals surface area contributed by atoms with Crippen LogP contribution in [-0.4, -0.2) is 14.0 Å². The number of hydrogen-bond donors (Lipinski definition) is 0. The summed E-state index contributed by atoms with van der Waals surface area (Å²) in [5.74, 6) is 0. The van der Waals surface area contributed by atoms with Gasteiger partial charge in [0.25, 0.3) is 0 Å². The van der Waals surface area contributed by atoms with E-state index in [1.807, 2.05) is 0 Å². The van der Waals surface area contributed by atoms with Crippen LogP contribution in [0.3, 0.4) is 0 Å². The van der Waals surface area contributed by atoms with Crippen LogP contribution >= 0.6 is 48.0 Å². The Morgan fingerprint density at radius 3 is 2.12 bits per heavy atom. The first-order valence-electron chi connectivity index (χ1n) is 1.64. The molecule has 0 saturated heterocycles. The molecule has 1 aromatic heterocycles. The van der Waals surface area contributed by atoms with Crippen molar-refractivity contribution in [1.82, 2.24) is 14.0 Å². The molecule has 0 aliphatic heterocycles. The van der Waals surface area contributed by atoms with E-state index >= 15 is 0 Å². The largest absolute Gasteiger partial charge is 0.169 e. The third-order valence-corrected chi connectivity index (χ3v) is 3.29. The van der Waals surface area contributed by atoms with E-state index in [1.165, 1.54) is 3.71 Å². The van der Waals surface area contributed by atoms with Crippen molar-refractivity contribution < 1.29 is 0 Å². The molecule has 0 N–H and O–H groups in total. The molecule has 0 aromatic carbocycles. The highest BCUT2D eigenvalue weighted by atomic mass is 79.9. The molecule has 3 nitrogen and oxygen atoms in total. The summed E-state index contributed by atoms with van der Waals surface area (Å²) in [5, 5.41) is 7.26. The summed E-state index contributed by atoms with van der Waals surface area (Å²) in [6.45, 7) is 0. The number of hydrogen-bond acceptors (Lipinski definition) is 2. The van der Waals surface area contributed by atoms with Crippen molar-refractivity contribution >= 4 is 48.0 Å². The molecule has 0 spiro atoms. The van der Waals surface area contributed by atoms with Crippen LogP contribution in [0.4, 0.5) is 0 Å². The van der Waals surface area contributed by atoms with Gasteiger partial charge in [-0.05, 0) is 31.9 Å². The molecule has 0 amide bonds. The summed E-state index contributed by atoms with van der Waals surface area (Å²) >= 11 is 9.42. The summed E-state index contributed by atoms with van der Waals surface area (Å²) in [6.07, 6.45) is 0. The predicted molar refractivity (Wildman–Crippen MR) is 39.7 cm³/mol. The lowest BCUT2D eigenvalue weighted by molar-refractivity contribution is 0.893. The monoisotopic (exact) mass is 303 g/mol. The van der Waals surface area contributed by atoms with Gasteiger partial charge in [-0.15, -0.1) is 5.10 Å². The SMILES string of the molecule is Brc1nnn(Br)c1Br. The van der Waals surface area contributed by atoms with Crippen LogP contribution in [0.2, 0.25) is 0 Å². The zero-order valence-corrected chi connectivity index (χ0v) is 8.23. The van der Waals surface area contributed by atoms with E-state index in [9.17, 15) is 0 Å². The first-order chi connectivity index (χ1) is 3.72. The van der Waals surface area contributed by atoms with Crippen molar-refractivity contribution in [3.63, 3.8) is 0 Å². The average Bonchev–Trinajstić information content (AvgIpc) is 1.98. The standard InChI is InChI=1S/C2Br3N3/c3-1-2(4)8(5)7-6-1. The highest BCUT2D eigenvalue weighted by molar-refractivity contribution is 9.13. The number of aromatic nitrogens is 3. The second-order valence-electron chi connectivity index (χ2n) is 1.03. The van der Waals surface area contributed by atoms with E-state index in [2.05, 4.69) is 58.3 Å².